The smallest absolute Gasteiger partial charge is 0.231 e. The third-order valence-corrected chi connectivity index (χ3v) is 4.07. The van der Waals surface area contributed by atoms with Crippen molar-refractivity contribution in [1.29, 1.82) is 0 Å². The molecule has 1 aromatic heterocycles. The van der Waals surface area contributed by atoms with E-state index in [1.165, 1.54) is 12.1 Å². The molecule has 2 aromatic rings. The van der Waals surface area contributed by atoms with Crippen molar-refractivity contribution in [2.75, 3.05) is 6.54 Å². The molecule has 5 nitrogen and oxygen atoms in total. The molecule has 0 bridgehead atoms. The molecule has 0 aliphatic carbocycles. The molecule has 0 saturated carbocycles. The minimum absolute atomic E-state index is 0.0550. The van der Waals surface area contributed by atoms with Crippen molar-refractivity contribution < 1.29 is 13.7 Å². The van der Waals surface area contributed by atoms with Gasteiger partial charge in [-0.15, -0.1) is 0 Å². The number of carbonyl (C=O) groups excluding carboxylic acids is 1. The Labute approximate surface area is 134 Å². The van der Waals surface area contributed by atoms with Gasteiger partial charge in [-0.3, -0.25) is 4.79 Å². The van der Waals surface area contributed by atoms with Crippen LogP contribution < -0.4 is 0 Å². The van der Waals surface area contributed by atoms with Crippen molar-refractivity contribution >= 4 is 5.91 Å². The van der Waals surface area contributed by atoms with Gasteiger partial charge in [0, 0.05) is 25.9 Å². The monoisotopic (exact) mass is 317 g/mol. The SMILES string of the molecule is CCCc1noc([C@H]2CCC(=O)N(Cc3cccc(F)c3)C2)n1. The van der Waals surface area contributed by atoms with Gasteiger partial charge >= 0.3 is 0 Å². The second-order valence-electron chi connectivity index (χ2n) is 5.94. The van der Waals surface area contributed by atoms with Crippen molar-refractivity contribution in [3.8, 4) is 0 Å². The molecule has 0 unspecified atom stereocenters. The molecule has 2 heterocycles. The summed E-state index contributed by atoms with van der Waals surface area (Å²) in [5.41, 5.74) is 0.788. The lowest BCUT2D eigenvalue weighted by atomic mass is 9.97. The maximum absolute atomic E-state index is 13.3. The zero-order chi connectivity index (χ0) is 16.2. The van der Waals surface area contributed by atoms with Crippen molar-refractivity contribution in [1.82, 2.24) is 15.0 Å². The number of piperidine rings is 1. The van der Waals surface area contributed by atoms with Crippen LogP contribution in [0.3, 0.4) is 0 Å². The zero-order valence-electron chi connectivity index (χ0n) is 13.2. The average molecular weight is 317 g/mol. The second-order valence-corrected chi connectivity index (χ2v) is 5.94. The number of aromatic nitrogens is 2. The fourth-order valence-corrected chi connectivity index (χ4v) is 2.88. The summed E-state index contributed by atoms with van der Waals surface area (Å²) in [6.07, 6.45) is 2.92. The molecular weight excluding hydrogens is 297 g/mol. The summed E-state index contributed by atoms with van der Waals surface area (Å²) in [6.45, 7) is 3.00. The number of aryl methyl sites for hydroxylation is 1. The molecule has 0 spiro atoms. The number of hydrogen-bond acceptors (Lipinski definition) is 4. The lowest BCUT2D eigenvalue weighted by Gasteiger charge is -2.31. The van der Waals surface area contributed by atoms with Crippen molar-refractivity contribution in [3.63, 3.8) is 0 Å². The number of carbonyl (C=O) groups is 1. The van der Waals surface area contributed by atoms with E-state index in [0.29, 0.717) is 31.8 Å². The molecule has 23 heavy (non-hydrogen) atoms. The highest BCUT2D eigenvalue weighted by molar-refractivity contribution is 5.77. The third kappa shape index (κ3) is 3.75. The normalized spacial score (nSPS) is 18.4. The van der Waals surface area contributed by atoms with Gasteiger partial charge < -0.3 is 9.42 Å². The number of rotatable bonds is 5. The van der Waals surface area contributed by atoms with Gasteiger partial charge in [-0.05, 0) is 30.5 Å². The van der Waals surface area contributed by atoms with Crippen molar-refractivity contribution in [3.05, 3.63) is 47.4 Å². The van der Waals surface area contributed by atoms with Crippen LogP contribution in [0.25, 0.3) is 0 Å². The molecule has 1 amide bonds. The van der Waals surface area contributed by atoms with E-state index in [1.54, 1.807) is 11.0 Å². The molecule has 0 N–H and O–H groups in total. The van der Waals surface area contributed by atoms with E-state index in [1.807, 2.05) is 6.07 Å². The summed E-state index contributed by atoms with van der Waals surface area (Å²) in [7, 11) is 0. The Kier molecular flexibility index (Phi) is 4.69. The molecule has 1 aliphatic heterocycles. The summed E-state index contributed by atoms with van der Waals surface area (Å²) < 4.78 is 18.6. The Bertz CT molecular complexity index is 686. The van der Waals surface area contributed by atoms with E-state index in [2.05, 4.69) is 17.1 Å². The molecular formula is C17H20FN3O2. The van der Waals surface area contributed by atoms with Crippen LogP contribution in [0.4, 0.5) is 4.39 Å². The van der Waals surface area contributed by atoms with Gasteiger partial charge in [-0.1, -0.05) is 24.2 Å². The number of hydrogen-bond donors (Lipinski definition) is 0. The van der Waals surface area contributed by atoms with E-state index in [9.17, 15) is 9.18 Å². The molecule has 1 saturated heterocycles. The Balaban J connectivity index is 1.69. The quantitative estimate of drug-likeness (QED) is 0.850. The summed E-state index contributed by atoms with van der Waals surface area (Å²) in [6, 6.07) is 6.35. The number of likely N-dealkylation sites (tertiary alicyclic amines) is 1. The summed E-state index contributed by atoms with van der Waals surface area (Å²) in [5.74, 6) is 1.17. The molecule has 6 heteroatoms. The molecule has 3 rings (SSSR count). The minimum Gasteiger partial charge on any atom is -0.339 e. The fourth-order valence-electron chi connectivity index (χ4n) is 2.88. The van der Waals surface area contributed by atoms with E-state index < -0.39 is 0 Å². The van der Waals surface area contributed by atoms with E-state index in [0.717, 1.165) is 24.2 Å². The molecule has 0 radical (unpaired) electrons. The molecule has 1 fully saturated rings. The summed E-state index contributed by atoms with van der Waals surface area (Å²) in [4.78, 5) is 18.3. The van der Waals surface area contributed by atoms with Crippen LogP contribution in [-0.2, 0) is 17.8 Å². The van der Waals surface area contributed by atoms with Gasteiger partial charge in [0.25, 0.3) is 0 Å². The Morgan fingerprint density at radius 2 is 2.30 bits per heavy atom. The van der Waals surface area contributed by atoms with E-state index >= 15 is 0 Å². The first kappa shape index (κ1) is 15.6. The summed E-state index contributed by atoms with van der Waals surface area (Å²) in [5, 5.41) is 3.98. The minimum atomic E-state index is -0.287. The topological polar surface area (TPSA) is 59.2 Å². The van der Waals surface area contributed by atoms with Crippen LogP contribution in [0, 0.1) is 5.82 Å². The standard InChI is InChI=1S/C17H20FN3O2/c1-2-4-15-19-17(23-20-15)13-7-8-16(22)21(11-13)10-12-5-3-6-14(18)9-12/h3,5-6,9,13H,2,4,7-8,10-11H2,1H3/t13-/m0/s1. The van der Waals surface area contributed by atoms with Gasteiger partial charge in [-0.25, -0.2) is 4.39 Å². The number of amides is 1. The van der Waals surface area contributed by atoms with E-state index in [4.69, 9.17) is 4.52 Å². The van der Waals surface area contributed by atoms with Gasteiger partial charge in [0.1, 0.15) is 5.82 Å². The van der Waals surface area contributed by atoms with E-state index in [-0.39, 0.29) is 17.6 Å². The maximum atomic E-state index is 13.3. The van der Waals surface area contributed by atoms with Gasteiger partial charge in [0.15, 0.2) is 5.82 Å². The lowest BCUT2D eigenvalue weighted by Crippen LogP contribution is -2.38. The van der Waals surface area contributed by atoms with Gasteiger partial charge in [0.2, 0.25) is 11.8 Å². The largest absolute Gasteiger partial charge is 0.339 e. The average Bonchev–Trinajstić information content (AvgIpc) is 2.99. The molecule has 1 atom stereocenters. The Hall–Kier alpha value is -2.24. The zero-order valence-corrected chi connectivity index (χ0v) is 13.2. The lowest BCUT2D eigenvalue weighted by molar-refractivity contribution is -0.134. The third-order valence-electron chi connectivity index (χ3n) is 4.07. The maximum Gasteiger partial charge on any atom is 0.231 e. The number of benzene rings is 1. The van der Waals surface area contributed by atoms with Gasteiger partial charge in [-0.2, -0.15) is 4.98 Å². The summed E-state index contributed by atoms with van der Waals surface area (Å²) >= 11 is 0. The van der Waals surface area contributed by atoms with Gasteiger partial charge in [0.05, 0.1) is 5.92 Å². The highest BCUT2D eigenvalue weighted by Crippen LogP contribution is 2.27. The van der Waals surface area contributed by atoms with Crippen LogP contribution in [0.2, 0.25) is 0 Å². The molecule has 1 aromatic carbocycles. The number of halogens is 1. The predicted octanol–water partition coefficient (Wildman–Crippen LogP) is 3.07. The predicted molar refractivity (Wildman–Crippen MR) is 82.1 cm³/mol. The highest BCUT2D eigenvalue weighted by atomic mass is 19.1. The number of nitrogens with zero attached hydrogens (tertiary/aromatic N) is 3. The molecule has 122 valence electrons. The first-order valence-electron chi connectivity index (χ1n) is 8.00. The van der Waals surface area contributed by atoms with Crippen LogP contribution in [0.15, 0.2) is 28.8 Å². The first-order chi connectivity index (χ1) is 11.2. The van der Waals surface area contributed by atoms with Crippen LogP contribution in [-0.4, -0.2) is 27.5 Å². The molecule has 1 aliphatic rings. The van der Waals surface area contributed by atoms with Crippen LogP contribution >= 0.6 is 0 Å². The van der Waals surface area contributed by atoms with Crippen LogP contribution in [0.1, 0.15) is 49.4 Å². The first-order valence-corrected chi connectivity index (χ1v) is 8.00. The van der Waals surface area contributed by atoms with Crippen molar-refractivity contribution in [2.45, 2.75) is 45.1 Å². The highest BCUT2D eigenvalue weighted by Gasteiger charge is 2.30. The van der Waals surface area contributed by atoms with Crippen molar-refractivity contribution in [2.24, 2.45) is 0 Å². The fraction of sp³-hybridized carbons (Fsp3) is 0.471. The Morgan fingerprint density at radius 1 is 1.43 bits per heavy atom. The second kappa shape index (κ2) is 6.89. The Morgan fingerprint density at radius 3 is 3.09 bits per heavy atom. The van der Waals surface area contributed by atoms with Crippen LogP contribution in [0.5, 0.6) is 0 Å².